The normalized spacial score (nSPS) is 17.6. The molecule has 0 spiro atoms. The van der Waals surface area contributed by atoms with E-state index in [1.807, 2.05) is 19.1 Å². The number of nitrogen functional groups attached to an aromatic ring is 1. The second-order valence-corrected chi connectivity index (χ2v) is 5.06. The molecule has 1 saturated heterocycles. The Labute approximate surface area is 120 Å². The number of hydrogen-bond donors (Lipinski definition) is 2. The number of carbonyl (C=O) groups is 1. The van der Waals surface area contributed by atoms with Crippen LogP contribution in [0.4, 0.5) is 5.82 Å². The maximum Gasteiger partial charge on any atom is 0.310 e. The molecule has 0 radical (unpaired) electrons. The second kappa shape index (κ2) is 6.32. The molecule has 0 aromatic carbocycles. The van der Waals surface area contributed by atoms with Gasteiger partial charge in [0.15, 0.2) is 0 Å². The molecule has 2 heterocycles. The van der Waals surface area contributed by atoms with Crippen molar-refractivity contribution >= 4 is 11.7 Å². The first-order valence-corrected chi connectivity index (χ1v) is 6.33. The molecule has 0 unspecified atom stereocenters. The number of quaternary nitrogens is 1. The number of pyridine rings is 1. The molecule has 1 aliphatic heterocycles. The Morgan fingerprint density at radius 1 is 1.42 bits per heavy atom. The van der Waals surface area contributed by atoms with E-state index in [-0.39, 0.29) is 18.3 Å². The van der Waals surface area contributed by atoms with E-state index < -0.39 is 0 Å². The number of carbonyl (C=O) groups excluding carboxylic acids is 1. The smallest absolute Gasteiger partial charge is 0.310 e. The number of aryl methyl sites for hydroxylation is 1. The highest BCUT2D eigenvalue weighted by Gasteiger charge is 2.35. The molecule has 1 amide bonds. The minimum absolute atomic E-state index is 0. The highest BCUT2D eigenvalue weighted by atomic mass is 35.5. The number of nitrogens with one attached hydrogen (secondary N) is 1. The Hall–Kier alpha value is -1.17. The first-order valence-electron chi connectivity index (χ1n) is 6.33. The van der Waals surface area contributed by atoms with Gasteiger partial charge in [-0.25, -0.2) is 9.78 Å². The molecule has 0 aliphatic carbocycles. The number of nitrogens with zero attached hydrogens (tertiary/aromatic N) is 2. The van der Waals surface area contributed by atoms with Crippen molar-refractivity contribution in [2.24, 2.45) is 0 Å². The number of anilines is 1. The SMILES string of the molecule is CC(=O)[N+]1(Cc2cc(C)nc(N)c2)CCNCC1.[Cl-]. The molecule has 3 N–H and O–H groups in total. The Morgan fingerprint density at radius 2 is 2.05 bits per heavy atom. The van der Waals surface area contributed by atoms with Crippen molar-refractivity contribution in [2.75, 3.05) is 31.9 Å². The van der Waals surface area contributed by atoms with Crippen molar-refractivity contribution in [3.8, 4) is 0 Å². The summed E-state index contributed by atoms with van der Waals surface area (Å²) in [5.74, 6) is 0.756. The zero-order valence-electron chi connectivity index (χ0n) is 11.4. The van der Waals surface area contributed by atoms with E-state index in [0.29, 0.717) is 16.8 Å². The summed E-state index contributed by atoms with van der Waals surface area (Å²) in [4.78, 5) is 16.2. The lowest BCUT2D eigenvalue weighted by Gasteiger charge is -2.38. The third-order valence-electron chi connectivity index (χ3n) is 3.62. The van der Waals surface area contributed by atoms with Crippen LogP contribution in [-0.4, -0.2) is 41.6 Å². The van der Waals surface area contributed by atoms with Gasteiger partial charge in [-0.15, -0.1) is 0 Å². The van der Waals surface area contributed by atoms with Crippen molar-refractivity contribution in [3.05, 3.63) is 23.4 Å². The lowest BCUT2D eigenvalue weighted by atomic mass is 10.1. The van der Waals surface area contributed by atoms with E-state index in [0.717, 1.165) is 37.4 Å². The van der Waals surface area contributed by atoms with Crippen LogP contribution in [0.3, 0.4) is 0 Å². The largest absolute Gasteiger partial charge is 1.00 e. The summed E-state index contributed by atoms with van der Waals surface area (Å²) in [6, 6.07) is 3.89. The summed E-state index contributed by atoms with van der Waals surface area (Å²) in [6.07, 6.45) is 0. The fourth-order valence-electron chi connectivity index (χ4n) is 2.62. The average Bonchev–Trinajstić information content (AvgIpc) is 2.28. The van der Waals surface area contributed by atoms with E-state index in [2.05, 4.69) is 10.3 Å². The minimum atomic E-state index is 0. The molecule has 2 rings (SSSR count). The van der Waals surface area contributed by atoms with Crippen molar-refractivity contribution in [3.63, 3.8) is 0 Å². The predicted molar refractivity (Wildman–Crippen MR) is 70.6 cm³/mol. The Bertz CT molecular complexity index is 438. The number of nitrogens with two attached hydrogens (primary N) is 1. The van der Waals surface area contributed by atoms with Gasteiger partial charge in [-0.2, -0.15) is 0 Å². The van der Waals surface area contributed by atoms with Crippen LogP contribution in [0, 0.1) is 6.92 Å². The summed E-state index contributed by atoms with van der Waals surface area (Å²) < 4.78 is 0.510. The summed E-state index contributed by atoms with van der Waals surface area (Å²) in [5, 5.41) is 3.30. The van der Waals surface area contributed by atoms with E-state index in [1.54, 1.807) is 6.92 Å². The first-order chi connectivity index (χ1) is 8.52. The summed E-state index contributed by atoms with van der Waals surface area (Å²) in [5.41, 5.74) is 7.77. The van der Waals surface area contributed by atoms with Crippen LogP contribution in [0.25, 0.3) is 0 Å². The van der Waals surface area contributed by atoms with Crippen LogP contribution in [0.15, 0.2) is 12.1 Å². The lowest BCUT2D eigenvalue weighted by Crippen LogP contribution is -3.00. The van der Waals surface area contributed by atoms with Gasteiger partial charge in [0.05, 0.1) is 20.0 Å². The highest BCUT2D eigenvalue weighted by molar-refractivity contribution is 5.65. The number of piperazine rings is 1. The Morgan fingerprint density at radius 3 is 2.58 bits per heavy atom. The van der Waals surface area contributed by atoms with Crippen molar-refractivity contribution in [1.29, 1.82) is 0 Å². The second-order valence-electron chi connectivity index (χ2n) is 5.06. The van der Waals surface area contributed by atoms with Gasteiger partial charge in [-0.05, 0) is 19.1 Å². The van der Waals surface area contributed by atoms with E-state index in [1.165, 1.54) is 0 Å². The molecular formula is C13H21ClN4O. The van der Waals surface area contributed by atoms with Gasteiger partial charge in [0, 0.05) is 24.3 Å². The number of halogens is 1. The van der Waals surface area contributed by atoms with Crippen LogP contribution < -0.4 is 23.5 Å². The Balaban J connectivity index is 0.00000180. The van der Waals surface area contributed by atoms with E-state index in [4.69, 9.17) is 5.73 Å². The predicted octanol–water partition coefficient (Wildman–Crippen LogP) is -2.56. The highest BCUT2D eigenvalue weighted by Crippen LogP contribution is 2.18. The topological polar surface area (TPSA) is 68.0 Å². The van der Waals surface area contributed by atoms with Crippen LogP contribution >= 0.6 is 0 Å². The standard InChI is InChI=1S/C13H21N4O.ClH/c1-10-7-12(8-13(14)16-10)9-17(11(2)18)5-3-15-4-6-17;/h7-8,15H,3-6,9H2,1-2H3,(H2,14,16);1H/q+1;/p-1. The monoisotopic (exact) mass is 284 g/mol. The molecule has 6 heteroatoms. The zero-order valence-corrected chi connectivity index (χ0v) is 12.2. The van der Waals surface area contributed by atoms with Gasteiger partial charge < -0.3 is 23.5 Å². The maximum atomic E-state index is 12.0. The van der Waals surface area contributed by atoms with Crippen LogP contribution in [0.1, 0.15) is 18.2 Å². The van der Waals surface area contributed by atoms with Crippen molar-refractivity contribution in [2.45, 2.75) is 20.4 Å². The number of hydrogen-bond acceptors (Lipinski definition) is 4. The molecule has 1 fully saturated rings. The van der Waals surface area contributed by atoms with E-state index >= 15 is 0 Å². The molecule has 106 valence electrons. The van der Waals surface area contributed by atoms with Crippen molar-refractivity contribution < 1.29 is 21.7 Å². The molecule has 0 atom stereocenters. The van der Waals surface area contributed by atoms with Crippen LogP contribution in [0.5, 0.6) is 0 Å². The van der Waals surface area contributed by atoms with Gasteiger partial charge >= 0.3 is 5.91 Å². The maximum absolute atomic E-state index is 12.0. The molecule has 1 aromatic heterocycles. The van der Waals surface area contributed by atoms with Gasteiger partial charge in [0.1, 0.15) is 12.4 Å². The molecule has 1 aliphatic rings. The quantitative estimate of drug-likeness (QED) is 0.587. The molecule has 0 bridgehead atoms. The molecule has 1 aromatic rings. The Kier molecular flexibility index (Phi) is 5.29. The number of rotatable bonds is 2. The average molecular weight is 285 g/mol. The van der Waals surface area contributed by atoms with Crippen LogP contribution in [0.2, 0.25) is 0 Å². The molecule has 19 heavy (non-hydrogen) atoms. The fourth-order valence-corrected chi connectivity index (χ4v) is 2.62. The third-order valence-corrected chi connectivity index (χ3v) is 3.62. The summed E-state index contributed by atoms with van der Waals surface area (Å²) in [6.45, 7) is 7.79. The fraction of sp³-hybridized carbons (Fsp3) is 0.538. The van der Waals surface area contributed by atoms with E-state index in [9.17, 15) is 4.79 Å². The minimum Gasteiger partial charge on any atom is -1.00 e. The molecule has 5 nitrogen and oxygen atoms in total. The summed E-state index contributed by atoms with van der Waals surface area (Å²) in [7, 11) is 0. The first kappa shape index (κ1) is 15.9. The number of aromatic nitrogens is 1. The van der Waals surface area contributed by atoms with Gasteiger partial charge in [-0.3, -0.25) is 4.48 Å². The summed E-state index contributed by atoms with van der Waals surface area (Å²) >= 11 is 0. The zero-order chi connectivity index (χ0) is 13.2. The number of amides is 1. The molecule has 0 saturated carbocycles. The third kappa shape index (κ3) is 3.65. The van der Waals surface area contributed by atoms with Crippen LogP contribution in [-0.2, 0) is 11.3 Å². The van der Waals surface area contributed by atoms with Gasteiger partial charge in [0.2, 0.25) is 0 Å². The lowest BCUT2D eigenvalue weighted by molar-refractivity contribution is -0.869. The van der Waals surface area contributed by atoms with Gasteiger partial charge in [-0.1, -0.05) is 0 Å². The molecular weight excluding hydrogens is 264 g/mol. The van der Waals surface area contributed by atoms with Crippen molar-refractivity contribution in [1.82, 2.24) is 10.3 Å². The van der Waals surface area contributed by atoms with Gasteiger partial charge in [0.25, 0.3) is 0 Å².